The highest BCUT2D eigenvalue weighted by Gasteiger charge is 2.18. The van der Waals surface area contributed by atoms with Gasteiger partial charge < -0.3 is 15.7 Å². The highest BCUT2D eigenvalue weighted by molar-refractivity contribution is 5.95. The van der Waals surface area contributed by atoms with Gasteiger partial charge in [-0.25, -0.2) is 19.3 Å². The van der Waals surface area contributed by atoms with Gasteiger partial charge in [-0.2, -0.15) is 0 Å². The Morgan fingerprint density at radius 1 is 1.19 bits per heavy atom. The zero-order valence-corrected chi connectivity index (χ0v) is 18.0. The zero-order chi connectivity index (χ0) is 23.1. The topological polar surface area (TPSA) is 105 Å². The summed E-state index contributed by atoms with van der Waals surface area (Å²) >= 11 is 0. The number of aromatic nitrogens is 3. The molecule has 0 saturated heterocycles. The van der Waals surface area contributed by atoms with Gasteiger partial charge in [0.05, 0.1) is 22.5 Å². The molecule has 0 fully saturated rings. The smallest absolute Gasteiger partial charge is 0.256 e. The molecule has 2 aromatic heterocycles. The molecular weight excluding hydrogens is 409 g/mol. The highest BCUT2D eigenvalue weighted by Crippen LogP contribution is 2.25. The van der Waals surface area contributed by atoms with Crippen LogP contribution in [0.1, 0.15) is 40.5 Å². The average Bonchev–Trinajstić information content (AvgIpc) is 2.81. The summed E-state index contributed by atoms with van der Waals surface area (Å²) in [5, 5.41) is 8.94. The summed E-state index contributed by atoms with van der Waals surface area (Å²) in [6, 6.07) is 7.80. The first kappa shape index (κ1) is 22.8. The lowest BCUT2D eigenvalue weighted by molar-refractivity contribution is 0.0781. The van der Waals surface area contributed by atoms with Gasteiger partial charge in [0.15, 0.2) is 0 Å². The van der Waals surface area contributed by atoms with E-state index in [0.29, 0.717) is 47.6 Å². The maximum Gasteiger partial charge on any atom is 0.256 e. The molecule has 3 N–H and O–H groups in total. The molecule has 0 spiro atoms. The number of nitrogens with two attached hydrogens (primary N) is 1. The molecule has 0 radical (unpaired) electrons. The van der Waals surface area contributed by atoms with Crippen molar-refractivity contribution in [3.8, 4) is 23.1 Å². The lowest BCUT2D eigenvalue weighted by Crippen LogP contribution is -2.29. The summed E-state index contributed by atoms with van der Waals surface area (Å²) in [7, 11) is 1.57. The van der Waals surface area contributed by atoms with Crippen LogP contribution < -0.4 is 5.73 Å². The Morgan fingerprint density at radius 2 is 2.00 bits per heavy atom. The number of benzene rings is 1. The van der Waals surface area contributed by atoms with E-state index in [4.69, 9.17) is 10.8 Å². The number of carbonyl (C=O) groups is 1. The molecule has 8 heteroatoms. The number of hydrogen-bond donors (Lipinski definition) is 2. The van der Waals surface area contributed by atoms with E-state index in [0.717, 1.165) is 5.69 Å². The van der Waals surface area contributed by atoms with Gasteiger partial charge in [-0.3, -0.25) is 4.79 Å². The van der Waals surface area contributed by atoms with Gasteiger partial charge in [-0.15, -0.1) is 0 Å². The van der Waals surface area contributed by atoms with Gasteiger partial charge >= 0.3 is 0 Å². The van der Waals surface area contributed by atoms with Crippen LogP contribution in [0.25, 0.3) is 11.3 Å². The second kappa shape index (κ2) is 10.5. The number of amides is 1. The van der Waals surface area contributed by atoms with E-state index in [-0.39, 0.29) is 12.2 Å². The molecule has 3 rings (SSSR count). The molecule has 1 aromatic carbocycles. The van der Waals surface area contributed by atoms with E-state index in [1.807, 2.05) is 6.92 Å². The first-order valence-corrected chi connectivity index (χ1v) is 10.2. The number of aliphatic hydroxyl groups excluding tert-OH is 1. The molecule has 1 amide bonds. The number of halogens is 1. The maximum atomic E-state index is 14.9. The Balaban J connectivity index is 1.99. The summed E-state index contributed by atoms with van der Waals surface area (Å²) in [6.07, 6.45) is 4.04. The van der Waals surface area contributed by atoms with Crippen LogP contribution in [0, 0.1) is 17.7 Å². The van der Waals surface area contributed by atoms with Crippen molar-refractivity contribution in [3.63, 3.8) is 0 Å². The van der Waals surface area contributed by atoms with Crippen molar-refractivity contribution in [1.29, 1.82) is 0 Å². The fourth-order valence-corrected chi connectivity index (χ4v) is 3.11. The van der Waals surface area contributed by atoms with E-state index < -0.39 is 11.7 Å². The molecule has 2 heterocycles. The lowest BCUT2D eigenvalue weighted by Gasteiger charge is -2.17. The summed E-state index contributed by atoms with van der Waals surface area (Å²) in [4.78, 5) is 26.6. The van der Waals surface area contributed by atoms with Crippen LogP contribution in [-0.2, 0) is 6.42 Å². The van der Waals surface area contributed by atoms with Crippen molar-refractivity contribution in [2.75, 3.05) is 25.9 Å². The predicted octanol–water partition coefficient (Wildman–Crippen LogP) is 2.68. The summed E-state index contributed by atoms with van der Waals surface area (Å²) in [6.45, 7) is 2.25. The van der Waals surface area contributed by atoms with Crippen molar-refractivity contribution in [3.05, 3.63) is 71.1 Å². The van der Waals surface area contributed by atoms with E-state index in [1.54, 1.807) is 31.4 Å². The Morgan fingerprint density at radius 3 is 2.66 bits per heavy atom. The van der Waals surface area contributed by atoms with Crippen LogP contribution in [0.5, 0.6) is 0 Å². The number of pyridine rings is 1. The Bertz CT molecular complexity index is 1170. The fraction of sp³-hybridized carbons (Fsp3) is 0.250. The molecule has 0 aliphatic heterocycles. The van der Waals surface area contributed by atoms with Crippen LogP contribution in [0.2, 0.25) is 0 Å². The Labute approximate surface area is 186 Å². The quantitative estimate of drug-likeness (QED) is 0.579. The Kier molecular flexibility index (Phi) is 7.47. The van der Waals surface area contributed by atoms with Crippen LogP contribution >= 0.6 is 0 Å². The van der Waals surface area contributed by atoms with E-state index >= 15 is 0 Å². The van der Waals surface area contributed by atoms with Gasteiger partial charge in [0, 0.05) is 37.5 Å². The van der Waals surface area contributed by atoms with Gasteiger partial charge in [0.25, 0.3) is 5.91 Å². The molecule has 0 saturated carbocycles. The lowest BCUT2D eigenvalue weighted by atomic mass is 10.0. The van der Waals surface area contributed by atoms with Crippen LogP contribution in [0.3, 0.4) is 0 Å². The molecule has 0 aliphatic carbocycles. The van der Waals surface area contributed by atoms with E-state index in [2.05, 4.69) is 26.8 Å². The number of rotatable bonds is 6. The predicted molar refractivity (Wildman–Crippen MR) is 120 cm³/mol. The summed E-state index contributed by atoms with van der Waals surface area (Å²) in [5.74, 6) is 5.42. The van der Waals surface area contributed by atoms with Gasteiger partial charge in [0.2, 0.25) is 0 Å². The fourth-order valence-electron chi connectivity index (χ4n) is 3.11. The minimum Gasteiger partial charge on any atom is -0.396 e. The third-order valence-electron chi connectivity index (χ3n) is 4.85. The molecule has 3 aromatic rings. The number of carbonyl (C=O) groups excluding carboxylic acids is 1. The van der Waals surface area contributed by atoms with Crippen LogP contribution in [0.4, 0.5) is 10.2 Å². The largest absolute Gasteiger partial charge is 0.396 e. The number of hydrogen-bond acceptors (Lipinski definition) is 6. The van der Waals surface area contributed by atoms with Gasteiger partial charge in [-0.05, 0) is 37.1 Å². The first-order chi connectivity index (χ1) is 15.4. The number of aryl methyl sites for hydroxylation is 1. The number of aliphatic hydroxyl groups is 1. The molecule has 0 atom stereocenters. The van der Waals surface area contributed by atoms with Crippen molar-refractivity contribution in [2.45, 2.75) is 19.8 Å². The normalized spacial score (nSPS) is 10.4. The van der Waals surface area contributed by atoms with Crippen molar-refractivity contribution >= 4 is 11.7 Å². The number of nitrogens with zero attached hydrogens (tertiary/aromatic N) is 4. The van der Waals surface area contributed by atoms with E-state index in [9.17, 15) is 9.18 Å². The second-order valence-corrected chi connectivity index (χ2v) is 7.12. The molecule has 32 heavy (non-hydrogen) atoms. The molecule has 0 aliphatic rings. The third-order valence-corrected chi connectivity index (χ3v) is 4.85. The summed E-state index contributed by atoms with van der Waals surface area (Å²) in [5.41, 5.74) is 8.55. The zero-order valence-electron chi connectivity index (χ0n) is 18.0. The first-order valence-electron chi connectivity index (χ1n) is 10.2. The molecule has 164 valence electrons. The molecule has 7 nitrogen and oxygen atoms in total. The van der Waals surface area contributed by atoms with E-state index in [1.165, 1.54) is 23.4 Å². The number of anilines is 1. The van der Waals surface area contributed by atoms with Crippen LogP contribution in [0.15, 0.2) is 42.9 Å². The van der Waals surface area contributed by atoms with Crippen molar-refractivity contribution < 1.29 is 14.3 Å². The van der Waals surface area contributed by atoms with Crippen molar-refractivity contribution in [1.82, 2.24) is 19.9 Å². The highest BCUT2D eigenvalue weighted by atomic mass is 19.1. The molecular formula is C24H24FN5O2. The van der Waals surface area contributed by atoms with Crippen molar-refractivity contribution in [2.24, 2.45) is 0 Å². The monoisotopic (exact) mass is 433 g/mol. The second-order valence-electron chi connectivity index (χ2n) is 7.12. The maximum absolute atomic E-state index is 14.9. The average molecular weight is 433 g/mol. The standard InChI is InChI=1S/C24H24FN5O2/c1-3-21-19(8-5-16-6-10-22(26)27-14-16)23(29-15-28-21)17-7-9-18(20(25)13-17)24(32)30(2)11-4-12-31/h6-7,9-10,13-15,31H,3-4,11-12H2,1-2H3,(H2,26,27). The minimum absolute atomic E-state index is 0.0389. The molecule has 0 bridgehead atoms. The third kappa shape index (κ3) is 5.25. The van der Waals surface area contributed by atoms with Gasteiger partial charge in [-0.1, -0.05) is 24.8 Å². The molecule has 0 unspecified atom stereocenters. The van der Waals surface area contributed by atoms with Gasteiger partial charge in [0.1, 0.15) is 18.0 Å². The SMILES string of the molecule is CCc1ncnc(-c2ccc(C(=O)N(C)CCCO)c(F)c2)c1C#Cc1ccc(N)nc1. The summed E-state index contributed by atoms with van der Waals surface area (Å²) < 4.78 is 14.9. The Hall–Kier alpha value is -3.83. The minimum atomic E-state index is -0.651. The van der Waals surface area contributed by atoms with Crippen LogP contribution in [-0.4, -0.2) is 51.1 Å². The number of nitrogen functional groups attached to an aromatic ring is 1.